The molecule has 2 aliphatic carbocycles. The molecule has 32 heavy (non-hydrogen) atoms. The second-order valence-corrected chi connectivity index (χ2v) is 9.04. The van der Waals surface area contributed by atoms with Crippen LogP contribution in [0.2, 0.25) is 0 Å². The summed E-state index contributed by atoms with van der Waals surface area (Å²) in [6, 6.07) is 3.82. The summed E-state index contributed by atoms with van der Waals surface area (Å²) in [4.78, 5) is 45.7. The Morgan fingerprint density at radius 1 is 1.22 bits per heavy atom. The highest BCUT2D eigenvalue weighted by Gasteiger charge is 2.33. The molecule has 1 aliphatic heterocycles. The maximum Gasteiger partial charge on any atom is 0.273 e. The summed E-state index contributed by atoms with van der Waals surface area (Å²) >= 11 is 0. The van der Waals surface area contributed by atoms with E-state index in [1.165, 1.54) is 0 Å². The van der Waals surface area contributed by atoms with E-state index in [0.29, 0.717) is 25.2 Å². The summed E-state index contributed by atoms with van der Waals surface area (Å²) in [6.45, 7) is 2.71. The van der Waals surface area contributed by atoms with E-state index in [-0.39, 0.29) is 35.0 Å². The fraction of sp³-hybridized carbons (Fsp3) is 0.440. The molecule has 3 heterocycles. The number of pyridine rings is 2. The van der Waals surface area contributed by atoms with Gasteiger partial charge in [0.15, 0.2) is 0 Å². The number of hydrogen-bond acceptors (Lipinski definition) is 4. The summed E-state index contributed by atoms with van der Waals surface area (Å²) in [5.41, 5.74) is 3.01. The fourth-order valence-corrected chi connectivity index (χ4v) is 4.74. The number of rotatable bonds is 4. The van der Waals surface area contributed by atoms with Gasteiger partial charge in [0, 0.05) is 37.6 Å². The van der Waals surface area contributed by atoms with Crippen LogP contribution in [0.25, 0.3) is 0 Å². The lowest BCUT2D eigenvalue weighted by Crippen LogP contribution is -2.43. The number of nitrogens with one attached hydrogen (secondary N) is 1. The Labute approximate surface area is 187 Å². The minimum absolute atomic E-state index is 0.0327. The molecule has 7 heteroatoms. The van der Waals surface area contributed by atoms with E-state index in [1.807, 2.05) is 31.3 Å². The van der Waals surface area contributed by atoms with Crippen molar-refractivity contribution in [3.8, 4) is 0 Å². The molecule has 0 radical (unpaired) electrons. The highest BCUT2D eigenvalue weighted by atomic mass is 16.2. The van der Waals surface area contributed by atoms with Gasteiger partial charge < -0.3 is 14.8 Å². The average Bonchev–Trinajstić information content (AvgIpc) is 3.64. The summed E-state index contributed by atoms with van der Waals surface area (Å²) in [7, 11) is 0. The van der Waals surface area contributed by atoms with Gasteiger partial charge in [-0.25, -0.2) is 0 Å². The quantitative estimate of drug-likeness (QED) is 0.753. The van der Waals surface area contributed by atoms with Crippen molar-refractivity contribution >= 4 is 11.8 Å². The Morgan fingerprint density at radius 2 is 2.06 bits per heavy atom. The molecule has 0 saturated heterocycles. The van der Waals surface area contributed by atoms with Gasteiger partial charge >= 0.3 is 0 Å². The number of allylic oxidation sites excluding steroid dienone is 1. The number of amides is 2. The van der Waals surface area contributed by atoms with Crippen LogP contribution in [0.5, 0.6) is 0 Å². The predicted molar refractivity (Wildman–Crippen MR) is 121 cm³/mol. The maximum atomic E-state index is 13.3. The van der Waals surface area contributed by atoms with Crippen molar-refractivity contribution < 1.29 is 9.59 Å². The summed E-state index contributed by atoms with van der Waals surface area (Å²) < 4.78 is 1.71. The predicted octanol–water partition coefficient (Wildman–Crippen LogP) is 2.92. The molecule has 0 spiro atoms. The van der Waals surface area contributed by atoms with Crippen LogP contribution in [0.15, 0.2) is 41.5 Å². The molecule has 0 aromatic carbocycles. The van der Waals surface area contributed by atoms with Gasteiger partial charge in [0.2, 0.25) is 0 Å². The largest absolute Gasteiger partial charge is 0.346 e. The van der Waals surface area contributed by atoms with Crippen LogP contribution >= 0.6 is 0 Å². The number of carbonyl (C=O) groups is 2. The first-order valence-electron chi connectivity index (χ1n) is 11.5. The van der Waals surface area contributed by atoms with E-state index in [1.54, 1.807) is 15.7 Å². The molecule has 7 nitrogen and oxygen atoms in total. The third-order valence-electron chi connectivity index (χ3n) is 6.66. The van der Waals surface area contributed by atoms with Gasteiger partial charge in [-0.3, -0.25) is 19.4 Å². The Balaban J connectivity index is 1.48. The number of aromatic nitrogens is 2. The molecular formula is C25H28N4O3. The molecule has 3 aliphatic rings. The SMILES string of the molecule is Cc1cccnc1C(=O)N1CCc2c(cn(C3CC3)c(=O)c2C(=O)NC2C=CCCC2)C1. The molecule has 2 aromatic heterocycles. The van der Waals surface area contributed by atoms with Gasteiger partial charge in [-0.2, -0.15) is 0 Å². The summed E-state index contributed by atoms with van der Waals surface area (Å²) in [5.74, 6) is -0.408. The maximum absolute atomic E-state index is 13.3. The van der Waals surface area contributed by atoms with Crippen LogP contribution in [-0.2, 0) is 13.0 Å². The van der Waals surface area contributed by atoms with E-state index in [9.17, 15) is 14.4 Å². The van der Waals surface area contributed by atoms with Crippen LogP contribution in [0.4, 0.5) is 0 Å². The second-order valence-electron chi connectivity index (χ2n) is 9.04. The molecule has 1 atom stereocenters. The van der Waals surface area contributed by atoms with E-state index < -0.39 is 0 Å². The zero-order valence-electron chi connectivity index (χ0n) is 18.3. The minimum atomic E-state index is -0.293. The third kappa shape index (κ3) is 3.87. The van der Waals surface area contributed by atoms with Crippen molar-refractivity contribution in [1.82, 2.24) is 19.8 Å². The average molecular weight is 433 g/mol. The molecule has 0 bridgehead atoms. The van der Waals surface area contributed by atoms with Crippen LogP contribution in [-0.4, -0.2) is 38.9 Å². The normalized spacial score (nSPS) is 20.0. The monoisotopic (exact) mass is 432 g/mol. The van der Waals surface area contributed by atoms with Crippen LogP contribution in [0.1, 0.15) is 75.7 Å². The van der Waals surface area contributed by atoms with Gasteiger partial charge in [0.25, 0.3) is 17.4 Å². The van der Waals surface area contributed by atoms with E-state index >= 15 is 0 Å². The topological polar surface area (TPSA) is 84.3 Å². The first kappa shape index (κ1) is 20.7. The third-order valence-corrected chi connectivity index (χ3v) is 6.66. The Kier molecular flexibility index (Phi) is 5.41. The number of nitrogens with zero attached hydrogens (tertiary/aromatic N) is 3. The zero-order chi connectivity index (χ0) is 22.2. The number of fused-ring (bicyclic) bond motifs is 1. The molecule has 5 rings (SSSR count). The molecular weight excluding hydrogens is 404 g/mol. The molecule has 1 unspecified atom stereocenters. The Morgan fingerprint density at radius 3 is 2.78 bits per heavy atom. The summed E-state index contributed by atoms with van der Waals surface area (Å²) in [6.07, 6.45) is 12.9. The number of carbonyl (C=O) groups excluding carboxylic acids is 2. The summed E-state index contributed by atoms with van der Waals surface area (Å²) in [5, 5.41) is 3.05. The first-order chi connectivity index (χ1) is 15.5. The van der Waals surface area contributed by atoms with Gasteiger partial charge in [0.05, 0.1) is 0 Å². The van der Waals surface area contributed by atoms with Gasteiger partial charge in [-0.1, -0.05) is 18.2 Å². The van der Waals surface area contributed by atoms with Gasteiger partial charge in [-0.05, 0) is 68.2 Å². The number of hydrogen-bond donors (Lipinski definition) is 1. The first-order valence-corrected chi connectivity index (χ1v) is 11.5. The van der Waals surface area contributed by atoms with Gasteiger partial charge in [-0.15, -0.1) is 0 Å². The number of aryl methyl sites for hydroxylation is 1. The molecule has 2 aromatic rings. The lowest BCUT2D eigenvalue weighted by Gasteiger charge is -2.31. The van der Waals surface area contributed by atoms with Crippen molar-refractivity contribution in [2.24, 2.45) is 0 Å². The van der Waals surface area contributed by atoms with Crippen molar-refractivity contribution in [2.75, 3.05) is 6.54 Å². The smallest absolute Gasteiger partial charge is 0.273 e. The second kappa shape index (κ2) is 8.37. The van der Waals surface area contributed by atoms with Crippen molar-refractivity contribution in [1.29, 1.82) is 0 Å². The molecule has 1 N–H and O–H groups in total. The highest BCUT2D eigenvalue weighted by molar-refractivity contribution is 5.97. The highest BCUT2D eigenvalue weighted by Crippen LogP contribution is 2.35. The van der Waals surface area contributed by atoms with E-state index in [0.717, 1.165) is 48.8 Å². The fourth-order valence-electron chi connectivity index (χ4n) is 4.74. The molecule has 1 fully saturated rings. The lowest BCUT2D eigenvalue weighted by molar-refractivity contribution is 0.0727. The lowest BCUT2D eigenvalue weighted by atomic mass is 9.95. The standard InChI is InChI=1S/C25H28N4O3/c1-16-6-5-12-26-22(16)25(32)28-13-11-20-17(14-28)15-29(19-9-10-19)24(31)21(20)23(30)27-18-7-3-2-4-8-18/h3,5-7,12,15,18-19H,2,4,8-11,13-14H2,1H3,(H,27,30). The van der Waals surface area contributed by atoms with Crippen LogP contribution < -0.4 is 10.9 Å². The van der Waals surface area contributed by atoms with Crippen LogP contribution in [0, 0.1) is 6.92 Å². The van der Waals surface area contributed by atoms with Crippen LogP contribution in [0.3, 0.4) is 0 Å². The zero-order valence-corrected chi connectivity index (χ0v) is 18.3. The molecule has 166 valence electrons. The van der Waals surface area contributed by atoms with Crippen molar-refractivity contribution in [3.05, 3.63) is 75.0 Å². The van der Waals surface area contributed by atoms with E-state index in [4.69, 9.17) is 0 Å². The molecule has 1 saturated carbocycles. The van der Waals surface area contributed by atoms with Crippen molar-refractivity contribution in [3.63, 3.8) is 0 Å². The van der Waals surface area contributed by atoms with E-state index in [2.05, 4.69) is 16.4 Å². The Hall–Kier alpha value is -3.22. The molecule has 2 amide bonds. The van der Waals surface area contributed by atoms with Crippen molar-refractivity contribution in [2.45, 2.75) is 64.1 Å². The minimum Gasteiger partial charge on any atom is -0.346 e. The van der Waals surface area contributed by atoms with Gasteiger partial charge in [0.1, 0.15) is 11.3 Å². The Bertz CT molecular complexity index is 1160.